The maximum atomic E-state index is 13.2. The van der Waals surface area contributed by atoms with Crippen molar-refractivity contribution < 1.29 is 4.39 Å². The molecular weight excluding hydrogens is 265 g/mol. The molecular formula is C17H14FN3. The van der Waals surface area contributed by atoms with Crippen molar-refractivity contribution in [2.24, 2.45) is 0 Å². The Labute approximate surface area is 122 Å². The number of aryl methyl sites for hydroxylation is 1. The van der Waals surface area contributed by atoms with Gasteiger partial charge in [-0.2, -0.15) is 0 Å². The number of nitrogens with zero attached hydrogens (tertiary/aromatic N) is 2. The second kappa shape index (κ2) is 5.71. The smallest absolute Gasteiger partial charge is 0.131 e. The Morgan fingerprint density at radius 3 is 2.57 bits per heavy atom. The van der Waals surface area contributed by atoms with Gasteiger partial charge in [0.25, 0.3) is 0 Å². The van der Waals surface area contributed by atoms with Crippen molar-refractivity contribution in [1.82, 2.24) is 9.97 Å². The van der Waals surface area contributed by atoms with E-state index in [4.69, 9.17) is 0 Å². The summed E-state index contributed by atoms with van der Waals surface area (Å²) < 4.78 is 13.2. The first-order valence-corrected chi connectivity index (χ1v) is 6.63. The lowest BCUT2D eigenvalue weighted by atomic mass is 10.1. The van der Waals surface area contributed by atoms with Gasteiger partial charge in [-0.15, -0.1) is 0 Å². The van der Waals surface area contributed by atoms with Gasteiger partial charge >= 0.3 is 0 Å². The molecule has 4 heteroatoms. The molecule has 104 valence electrons. The van der Waals surface area contributed by atoms with Crippen LogP contribution in [0.1, 0.15) is 5.56 Å². The van der Waals surface area contributed by atoms with Crippen molar-refractivity contribution in [3.05, 3.63) is 72.3 Å². The second-order valence-electron chi connectivity index (χ2n) is 4.73. The molecule has 0 amide bonds. The molecule has 3 nitrogen and oxygen atoms in total. The lowest BCUT2D eigenvalue weighted by Crippen LogP contribution is -1.95. The summed E-state index contributed by atoms with van der Waals surface area (Å²) >= 11 is 0. The average molecular weight is 279 g/mol. The van der Waals surface area contributed by atoms with E-state index < -0.39 is 0 Å². The van der Waals surface area contributed by atoms with Gasteiger partial charge in [0.05, 0.1) is 5.69 Å². The van der Waals surface area contributed by atoms with Gasteiger partial charge in [-0.05, 0) is 55.0 Å². The monoisotopic (exact) mass is 279 g/mol. The summed E-state index contributed by atoms with van der Waals surface area (Å²) in [5.74, 6) is 0.504. The highest BCUT2D eigenvalue weighted by Gasteiger charge is 2.05. The zero-order valence-electron chi connectivity index (χ0n) is 11.5. The van der Waals surface area contributed by atoms with E-state index >= 15 is 0 Å². The zero-order chi connectivity index (χ0) is 14.7. The Hall–Kier alpha value is -2.75. The SMILES string of the molecule is Cc1cc(F)ccc1-c1cccc(Nc2ccncc2)n1. The van der Waals surface area contributed by atoms with Crippen LogP contribution in [0.4, 0.5) is 15.9 Å². The number of hydrogen-bond donors (Lipinski definition) is 1. The number of anilines is 2. The van der Waals surface area contributed by atoms with Crippen LogP contribution in [0.15, 0.2) is 60.9 Å². The third-order valence-electron chi connectivity index (χ3n) is 3.17. The van der Waals surface area contributed by atoms with Gasteiger partial charge in [-0.25, -0.2) is 9.37 Å². The number of halogens is 1. The molecule has 0 saturated carbocycles. The molecule has 1 N–H and O–H groups in total. The molecule has 3 rings (SSSR count). The minimum atomic E-state index is -0.234. The fourth-order valence-electron chi connectivity index (χ4n) is 2.15. The van der Waals surface area contributed by atoms with Crippen molar-refractivity contribution in [2.45, 2.75) is 6.92 Å². The standard InChI is InChI=1S/C17H14FN3/c1-12-11-13(18)5-6-15(12)16-3-2-4-17(21-16)20-14-7-9-19-10-8-14/h2-11H,1H3,(H,19,20,21). The molecule has 0 aliphatic rings. The Morgan fingerprint density at radius 1 is 1.00 bits per heavy atom. The minimum Gasteiger partial charge on any atom is -0.340 e. The Bertz CT molecular complexity index is 757. The summed E-state index contributed by atoms with van der Waals surface area (Å²) in [6.07, 6.45) is 3.44. The third kappa shape index (κ3) is 3.05. The predicted octanol–water partition coefficient (Wildman–Crippen LogP) is 4.33. The summed E-state index contributed by atoms with van der Waals surface area (Å²) in [5, 5.41) is 3.22. The van der Waals surface area contributed by atoms with Crippen LogP contribution < -0.4 is 5.32 Å². The zero-order valence-corrected chi connectivity index (χ0v) is 11.5. The van der Waals surface area contributed by atoms with E-state index in [2.05, 4.69) is 15.3 Å². The molecule has 0 aliphatic carbocycles. The molecule has 21 heavy (non-hydrogen) atoms. The van der Waals surface area contributed by atoms with Gasteiger partial charge in [-0.3, -0.25) is 4.98 Å². The minimum absolute atomic E-state index is 0.234. The summed E-state index contributed by atoms with van der Waals surface area (Å²) in [6, 6.07) is 14.2. The van der Waals surface area contributed by atoms with E-state index in [0.717, 1.165) is 28.3 Å². The molecule has 0 saturated heterocycles. The van der Waals surface area contributed by atoms with Crippen LogP contribution in [-0.4, -0.2) is 9.97 Å². The van der Waals surface area contributed by atoms with Crippen LogP contribution in [-0.2, 0) is 0 Å². The first kappa shape index (κ1) is 13.2. The van der Waals surface area contributed by atoms with Crippen LogP contribution in [0, 0.1) is 12.7 Å². The van der Waals surface area contributed by atoms with Crippen molar-refractivity contribution in [3.63, 3.8) is 0 Å². The van der Waals surface area contributed by atoms with Crippen molar-refractivity contribution in [3.8, 4) is 11.3 Å². The molecule has 2 heterocycles. The number of aromatic nitrogens is 2. The lowest BCUT2D eigenvalue weighted by Gasteiger charge is -2.09. The first-order valence-electron chi connectivity index (χ1n) is 6.63. The van der Waals surface area contributed by atoms with E-state index in [1.54, 1.807) is 18.5 Å². The number of rotatable bonds is 3. The van der Waals surface area contributed by atoms with Gasteiger partial charge in [0.15, 0.2) is 0 Å². The maximum Gasteiger partial charge on any atom is 0.131 e. The Balaban J connectivity index is 1.93. The molecule has 2 aromatic heterocycles. The number of benzene rings is 1. The van der Waals surface area contributed by atoms with Gasteiger partial charge in [-0.1, -0.05) is 6.07 Å². The normalized spacial score (nSPS) is 10.4. The molecule has 0 fully saturated rings. The predicted molar refractivity (Wildman–Crippen MR) is 81.9 cm³/mol. The van der Waals surface area contributed by atoms with Gasteiger partial charge < -0.3 is 5.32 Å². The number of hydrogen-bond acceptors (Lipinski definition) is 3. The number of pyridine rings is 2. The van der Waals surface area contributed by atoms with E-state index in [9.17, 15) is 4.39 Å². The molecule has 0 aliphatic heterocycles. The Kier molecular flexibility index (Phi) is 3.60. The van der Waals surface area contributed by atoms with Gasteiger partial charge in [0, 0.05) is 23.6 Å². The molecule has 0 radical (unpaired) electrons. The molecule has 3 aromatic rings. The van der Waals surface area contributed by atoms with E-state index in [1.807, 2.05) is 37.3 Å². The highest BCUT2D eigenvalue weighted by atomic mass is 19.1. The second-order valence-corrected chi connectivity index (χ2v) is 4.73. The summed E-state index contributed by atoms with van der Waals surface area (Å²) in [6.45, 7) is 1.88. The van der Waals surface area contributed by atoms with Crippen molar-refractivity contribution >= 4 is 11.5 Å². The molecule has 1 aromatic carbocycles. The molecule has 0 atom stereocenters. The van der Waals surface area contributed by atoms with E-state index in [1.165, 1.54) is 12.1 Å². The van der Waals surface area contributed by atoms with Crippen molar-refractivity contribution in [2.75, 3.05) is 5.32 Å². The largest absolute Gasteiger partial charge is 0.340 e. The van der Waals surface area contributed by atoms with Gasteiger partial charge in [0.2, 0.25) is 0 Å². The van der Waals surface area contributed by atoms with E-state index in [0.29, 0.717) is 0 Å². The van der Waals surface area contributed by atoms with Crippen LogP contribution in [0.2, 0.25) is 0 Å². The lowest BCUT2D eigenvalue weighted by molar-refractivity contribution is 0.627. The van der Waals surface area contributed by atoms with Crippen LogP contribution in [0.25, 0.3) is 11.3 Å². The van der Waals surface area contributed by atoms with Crippen molar-refractivity contribution in [1.29, 1.82) is 0 Å². The maximum absolute atomic E-state index is 13.2. The Morgan fingerprint density at radius 2 is 1.81 bits per heavy atom. The number of nitrogens with one attached hydrogen (secondary N) is 1. The summed E-state index contributed by atoms with van der Waals surface area (Å²) in [4.78, 5) is 8.55. The highest BCUT2D eigenvalue weighted by Crippen LogP contribution is 2.24. The van der Waals surface area contributed by atoms with Crippen LogP contribution >= 0.6 is 0 Å². The quantitative estimate of drug-likeness (QED) is 0.775. The molecule has 0 spiro atoms. The topological polar surface area (TPSA) is 37.8 Å². The van der Waals surface area contributed by atoms with Crippen LogP contribution in [0.3, 0.4) is 0 Å². The first-order chi connectivity index (χ1) is 10.2. The van der Waals surface area contributed by atoms with Crippen LogP contribution in [0.5, 0.6) is 0 Å². The van der Waals surface area contributed by atoms with E-state index in [-0.39, 0.29) is 5.82 Å². The average Bonchev–Trinajstić information content (AvgIpc) is 2.48. The molecule has 0 bridgehead atoms. The fraction of sp³-hybridized carbons (Fsp3) is 0.0588. The van der Waals surface area contributed by atoms with Gasteiger partial charge in [0.1, 0.15) is 11.6 Å². The fourth-order valence-corrected chi connectivity index (χ4v) is 2.15. The summed E-state index contributed by atoms with van der Waals surface area (Å²) in [7, 11) is 0. The molecule has 0 unspecified atom stereocenters. The third-order valence-corrected chi connectivity index (χ3v) is 3.17. The highest BCUT2D eigenvalue weighted by molar-refractivity contribution is 5.66. The summed E-state index contributed by atoms with van der Waals surface area (Å²) in [5.41, 5.74) is 3.52.